The molecule has 2 atom stereocenters. The molecule has 2 unspecified atom stereocenters. The maximum Gasteiger partial charge on any atom is 0.243 e. The van der Waals surface area contributed by atoms with Gasteiger partial charge in [-0.25, -0.2) is 12.8 Å². The maximum absolute atomic E-state index is 13.6. The highest BCUT2D eigenvalue weighted by Gasteiger charge is 2.35. The van der Waals surface area contributed by atoms with E-state index < -0.39 is 27.8 Å². The molecule has 144 valence electrons. The van der Waals surface area contributed by atoms with Gasteiger partial charge in [0.25, 0.3) is 0 Å². The molecule has 9 heteroatoms. The smallest absolute Gasteiger partial charge is 0.243 e. The van der Waals surface area contributed by atoms with Crippen LogP contribution < -0.4 is 10.5 Å². The van der Waals surface area contributed by atoms with E-state index in [9.17, 15) is 17.6 Å². The van der Waals surface area contributed by atoms with Crippen LogP contribution in [0.5, 0.6) is 5.75 Å². The number of carbonyl (C=O) groups excluding carboxylic acids is 1. The van der Waals surface area contributed by atoms with Crippen molar-refractivity contribution in [1.82, 2.24) is 4.31 Å². The molecule has 2 aromatic carbocycles. The van der Waals surface area contributed by atoms with Gasteiger partial charge in [0.1, 0.15) is 23.7 Å². The number of hydrogen-bond donors (Lipinski definition) is 1. The molecule has 1 amide bonds. The molecule has 0 saturated carbocycles. The zero-order valence-corrected chi connectivity index (χ0v) is 16.2. The number of amides is 1. The lowest BCUT2D eigenvalue weighted by Gasteiger charge is -2.25. The van der Waals surface area contributed by atoms with Crippen LogP contribution in [0, 0.1) is 5.82 Å². The summed E-state index contributed by atoms with van der Waals surface area (Å²) in [5, 5.41) is 0.171. The minimum atomic E-state index is -4.14. The summed E-state index contributed by atoms with van der Waals surface area (Å²) >= 11 is 6.18. The van der Waals surface area contributed by atoms with Gasteiger partial charge in [0.15, 0.2) is 0 Å². The van der Waals surface area contributed by atoms with Crippen LogP contribution in [0.2, 0.25) is 5.02 Å². The van der Waals surface area contributed by atoms with Crippen molar-refractivity contribution in [2.75, 3.05) is 7.05 Å². The Bertz CT molecular complexity index is 1010. The van der Waals surface area contributed by atoms with Crippen molar-refractivity contribution in [1.29, 1.82) is 0 Å². The molecule has 0 aromatic heterocycles. The zero-order valence-electron chi connectivity index (χ0n) is 14.6. The van der Waals surface area contributed by atoms with Gasteiger partial charge in [-0.2, -0.15) is 4.31 Å². The summed E-state index contributed by atoms with van der Waals surface area (Å²) in [6.45, 7) is 1.85. The van der Waals surface area contributed by atoms with Crippen molar-refractivity contribution < 1.29 is 22.3 Å². The van der Waals surface area contributed by atoms with Crippen molar-refractivity contribution >= 4 is 27.5 Å². The quantitative estimate of drug-likeness (QED) is 0.817. The van der Waals surface area contributed by atoms with Crippen molar-refractivity contribution in [3.63, 3.8) is 0 Å². The molecule has 6 nitrogen and oxygen atoms in total. The molecular weight excluding hydrogens is 395 g/mol. The molecule has 0 aliphatic carbocycles. The number of sulfonamides is 1. The second-order valence-corrected chi connectivity index (χ2v) is 8.81. The Morgan fingerprint density at radius 1 is 1.37 bits per heavy atom. The van der Waals surface area contributed by atoms with Crippen LogP contribution in [-0.2, 0) is 21.2 Å². The zero-order chi connectivity index (χ0) is 19.9. The predicted octanol–water partition coefficient (Wildman–Crippen LogP) is 2.65. The van der Waals surface area contributed by atoms with Gasteiger partial charge < -0.3 is 10.5 Å². The van der Waals surface area contributed by atoms with E-state index in [0.29, 0.717) is 17.7 Å². The Balaban J connectivity index is 2.04. The molecule has 2 aromatic rings. The minimum Gasteiger partial charge on any atom is -0.489 e. The number of carbonyl (C=O) groups is 1. The highest BCUT2D eigenvalue weighted by Crippen LogP contribution is 2.39. The molecule has 2 N–H and O–H groups in total. The van der Waals surface area contributed by atoms with E-state index in [1.54, 1.807) is 0 Å². The van der Waals surface area contributed by atoms with Crippen LogP contribution in [0.4, 0.5) is 4.39 Å². The number of primary amides is 1. The molecule has 0 spiro atoms. The predicted molar refractivity (Wildman–Crippen MR) is 98.5 cm³/mol. The molecule has 27 heavy (non-hydrogen) atoms. The summed E-state index contributed by atoms with van der Waals surface area (Å²) in [5.74, 6) is -1.06. The van der Waals surface area contributed by atoms with Crippen LogP contribution in [0.25, 0.3) is 0 Å². The molecule has 0 saturated heterocycles. The monoisotopic (exact) mass is 412 g/mol. The van der Waals surface area contributed by atoms with E-state index in [1.165, 1.54) is 37.4 Å². The van der Waals surface area contributed by atoms with E-state index >= 15 is 0 Å². The van der Waals surface area contributed by atoms with Crippen LogP contribution in [-0.4, -0.2) is 31.8 Å². The minimum absolute atomic E-state index is 0.0888. The van der Waals surface area contributed by atoms with E-state index in [2.05, 4.69) is 0 Å². The average molecular weight is 413 g/mol. The summed E-state index contributed by atoms with van der Waals surface area (Å²) in [6.07, 6.45) is 0.407. The van der Waals surface area contributed by atoms with Crippen molar-refractivity contribution in [2.45, 2.75) is 30.4 Å². The summed E-state index contributed by atoms with van der Waals surface area (Å²) in [5.41, 5.74) is 6.23. The number of likely N-dealkylation sites (N-methyl/N-ethyl adjacent to an activating group) is 1. The molecule has 1 heterocycles. The summed E-state index contributed by atoms with van der Waals surface area (Å²) in [6, 6.07) is 6.47. The third kappa shape index (κ3) is 3.65. The van der Waals surface area contributed by atoms with Crippen molar-refractivity contribution in [2.24, 2.45) is 5.73 Å². The number of fused-ring (bicyclic) bond motifs is 1. The number of halogens is 2. The Hall–Kier alpha value is -2.16. The van der Waals surface area contributed by atoms with Gasteiger partial charge in [0.2, 0.25) is 15.9 Å². The van der Waals surface area contributed by atoms with E-state index in [0.717, 1.165) is 10.4 Å². The molecule has 1 aliphatic heterocycles. The summed E-state index contributed by atoms with van der Waals surface area (Å²) in [7, 11) is -2.92. The fourth-order valence-electron chi connectivity index (χ4n) is 3.14. The highest BCUT2D eigenvalue weighted by atomic mass is 35.5. The lowest BCUT2D eigenvalue weighted by atomic mass is 10.1. The standard InChI is InChI=1S/C18H18ClFN2O4S/c1-10-6-12-8-14(9-15(19)17(12)26-10)27(24,25)22(2)16(18(21)23)11-4-3-5-13(20)7-11/h3-5,7-10,16H,6H2,1-2H3,(H2,21,23). The number of nitrogens with zero attached hydrogens (tertiary/aromatic N) is 1. The summed E-state index contributed by atoms with van der Waals surface area (Å²) < 4.78 is 46.2. The Morgan fingerprint density at radius 2 is 2.07 bits per heavy atom. The highest BCUT2D eigenvalue weighted by molar-refractivity contribution is 7.89. The SMILES string of the molecule is CC1Cc2cc(S(=O)(=O)N(C)C(C(N)=O)c3cccc(F)c3)cc(Cl)c2O1. The first kappa shape index (κ1) is 19.6. The van der Waals surface area contributed by atoms with Gasteiger partial charge in [0, 0.05) is 19.0 Å². The largest absolute Gasteiger partial charge is 0.489 e. The number of rotatable bonds is 5. The van der Waals surface area contributed by atoms with Gasteiger partial charge in [-0.1, -0.05) is 23.7 Å². The molecule has 0 fully saturated rings. The fraction of sp³-hybridized carbons (Fsp3) is 0.278. The fourth-order valence-corrected chi connectivity index (χ4v) is 4.88. The van der Waals surface area contributed by atoms with E-state index in [1.807, 2.05) is 6.92 Å². The van der Waals surface area contributed by atoms with Crippen molar-refractivity contribution in [3.8, 4) is 5.75 Å². The molecule has 0 bridgehead atoms. The number of benzene rings is 2. The van der Waals surface area contributed by atoms with Crippen LogP contribution >= 0.6 is 11.6 Å². The van der Waals surface area contributed by atoms with Gasteiger partial charge >= 0.3 is 0 Å². The van der Waals surface area contributed by atoms with Crippen LogP contribution in [0.1, 0.15) is 24.1 Å². The van der Waals surface area contributed by atoms with E-state index in [-0.39, 0.29) is 21.6 Å². The second-order valence-electron chi connectivity index (χ2n) is 6.41. The Morgan fingerprint density at radius 3 is 2.70 bits per heavy atom. The summed E-state index contributed by atoms with van der Waals surface area (Å²) in [4.78, 5) is 11.9. The normalized spacial score (nSPS) is 17.4. The molecular formula is C18H18ClFN2O4S. The first-order valence-corrected chi connectivity index (χ1v) is 9.95. The molecule has 3 rings (SSSR count). The van der Waals surface area contributed by atoms with Crippen molar-refractivity contribution in [3.05, 3.63) is 58.4 Å². The van der Waals surface area contributed by atoms with Crippen LogP contribution in [0.3, 0.4) is 0 Å². The third-order valence-electron chi connectivity index (χ3n) is 4.39. The maximum atomic E-state index is 13.6. The average Bonchev–Trinajstić information content (AvgIpc) is 2.95. The van der Waals surface area contributed by atoms with E-state index in [4.69, 9.17) is 22.1 Å². The topological polar surface area (TPSA) is 89.7 Å². The Labute approximate surface area is 161 Å². The van der Waals surface area contributed by atoms with Gasteiger partial charge in [0.05, 0.1) is 9.92 Å². The van der Waals surface area contributed by atoms with Gasteiger partial charge in [-0.3, -0.25) is 4.79 Å². The lowest BCUT2D eigenvalue weighted by molar-refractivity contribution is -0.121. The first-order valence-electron chi connectivity index (χ1n) is 8.13. The second kappa shape index (κ2) is 7.10. The number of nitrogens with two attached hydrogens (primary N) is 1. The number of ether oxygens (including phenoxy) is 1. The Kier molecular flexibility index (Phi) is 5.16. The molecule has 1 aliphatic rings. The lowest BCUT2D eigenvalue weighted by Crippen LogP contribution is -2.39. The third-order valence-corrected chi connectivity index (χ3v) is 6.48. The first-order chi connectivity index (χ1) is 12.6. The van der Waals surface area contributed by atoms with Gasteiger partial charge in [-0.05, 0) is 36.8 Å². The number of hydrogen-bond acceptors (Lipinski definition) is 4. The van der Waals surface area contributed by atoms with Crippen LogP contribution in [0.15, 0.2) is 41.3 Å². The molecule has 0 radical (unpaired) electrons. The van der Waals surface area contributed by atoms with Gasteiger partial charge in [-0.15, -0.1) is 0 Å².